The third-order valence-electron chi connectivity index (χ3n) is 4.48. The van der Waals surface area contributed by atoms with E-state index in [-0.39, 0.29) is 5.56 Å². The number of H-pyrrole nitrogens is 1. The van der Waals surface area contributed by atoms with Gasteiger partial charge in [-0.25, -0.2) is 4.98 Å². The average molecular weight is 443 g/mol. The van der Waals surface area contributed by atoms with Crippen LogP contribution in [0.15, 0.2) is 59.5 Å². The van der Waals surface area contributed by atoms with Gasteiger partial charge < -0.3 is 10.2 Å². The molecule has 0 radical (unpaired) electrons. The largest absolute Gasteiger partial charge is 0.355 e. The highest BCUT2D eigenvalue weighted by atomic mass is 35.5. The van der Waals surface area contributed by atoms with Crippen molar-refractivity contribution in [3.63, 3.8) is 0 Å². The van der Waals surface area contributed by atoms with Crippen LogP contribution in [-0.4, -0.2) is 41.3 Å². The van der Waals surface area contributed by atoms with Crippen molar-refractivity contribution in [2.24, 2.45) is 0 Å². The second-order valence-electron chi connectivity index (χ2n) is 7.43. The van der Waals surface area contributed by atoms with Crippen LogP contribution in [0.1, 0.15) is 22.3 Å². The minimum atomic E-state index is -0.118. The lowest BCUT2D eigenvalue weighted by Crippen LogP contribution is -2.18. The van der Waals surface area contributed by atoms with Crippen LogP contribution in [0.4, 0.5) is 5.95 Å². The van der Waals surface area contributed by atoms with E-state index in [0.29, 0.717) is 23.0 Å². The molecule has 0 aliphatic rings. The fourth-order valence-corrected chi connectivity index (χ4v) is 4.01. The van der Waals surface area contributed by atoms with Crippen molar-refractivity contribution >= 4 is 29.3 Å². The van der Waals surface area contributed by atoms with E-state index in [1.54, 1.807) is 6.20 Å². The highest BCUT2D eigenvalue weighted by Gasteiger charge is 2.05. The number of thioether (sulfide) groups is 1. The third kappa shape index (κ3) is 7.20. The highest BCUT2D eigenvalue weighted by molar-refractivity contribution is 7.98. The molecule has 0 amide bonds. The molecule has 3 rings (SSSR count). The number of halogens is 1. The molecule has 2 N–H and O–H groups in total. The van der Waals surface area contributed by atoms with Gasteiger partial charge in [-0.2, -0.15) is 11.8 Å². The molecule has 0 bridgehead atoms. The Labute approximate surface area is 186 Å². The van der Waals surface area contributed by atoms with Gasteiger partial charge in [-0.15, -0.1) is 0 Å². The van der Waals surface area contributed by atoms with Gasteiger partial charge >= 0.3 is 0 Å². The Morgan fingerprint density at radius 1 is 1.10 bits per heavy atom. The van der Waals surface area contributed by atoms with Gasteiger partial charge in [0, 0.05) is 47.8 Å². The maximum absolute atomic E-state index is 12.3. The van der Waals surface area contributed by atoms with E-state index in [2.05, 4.69) is 58.5 Å². The molecule has 1 aromatic heterocycles. The summed E-state index contributed by atoms with van der Waals surface area (Å²) in [6, 6.07) is 16.2. The van der Waals surface area contributed by atoms with Crippen LogP contribution in [0.3, 0.4) is 0 Å². The summed E-state index contributed by atoms with van der Waals surface area (Å²) in [6.07, 6.45) is 2.17. The number of rotatable bonds is 10. The van der Waals surface area contributed by atoms with Crippen LogP contribution < -0.4 is 10.9 Å². The molecule has 7 heteroatoms. The Kier molecular flexibility index (Phi) is 8.37. The Morgan fingerprint density at radius 2 is 1.87 bits per heavy atom. The van der Waals surface area contributed by atoms with Gasteiger partial charge in [0.1, 0.15) is 0 Å². The smallest absolute Gasteiger partial charge is 0.255 e. The van der Waals surface area contributed by atoms with Crippen LogP contribution >= 0.6 is 23.4 Å². The van der Waals surface area contributed by atoms with Gasteiger partial charge in [0.05, 0.1) is 0 Å². The molecule has 5 nitrogen and oxygen atoms in total. The number of hydrogen-bond acceptors (Lipinski definition) is 5. The lowest BCUT2D eigenvalue weighted by atomic mass is 10.1. The third-order valence-corrected chi connectivity index (χ3v) is 5.76. The second-order valence-corrected chi connectivity index (χ2v) is 8.97. The summed E-state index contributed by atoms with van der Waals surface area (Å²) < 4.78 is 0. The lowest BCUT2D eigenvalue weighted by molar-refractivity contribution is 0.402. The second kappa shape index (κ2) is 11.2. The van der Waals surface area contributed by atoms with Crippen LogP contribution in [-0.2, 0) is 18.7 Å². The normalized spacial score (nSPS) is 11.1. The number of aromatic nitrogens is 2. The van der Waals surface area contributed by atoms with Gasteiger partial charge in [0.2, 0.25) is 5.95 Å². The van der Waals surface area contributed by atoms with Crippen LogP contribution in [0.5, 0.6) is 0 Å². The topological polar surface area (TPSA) is 61.0 Å². The van der Waals surface area contributed by atoms with Crippen LogP contribution in [0, 0.1) is 0 Å². The maximum Gasteiger partial charge on any atom is 0.255 e. The molecule has 3 aromatic rings. The summed E-state index contributed by atoms with van der Waals surface area (Å²) in [4.78, 5) is 21.7. The number of nitrogens with one attached hydrogen (secondary N) is 2. The Hall–Kier alpha value is -2.28. The fraction of sp³-hybridized carbons (Fsp3) is 0.304. The maximum atomic E-state index is 12.3. The molecule has 30 heavy (non-hydrogen) atoms. The van der Waals surface area contributed by atoms with Crippen molar-refractivity contribution in [1.82, 2.24) is 14.9 Å². The van der Waals surface area contributed by atoms with Gasteiger partial charge in [0.25, 0.3) is 5.56 Å². The zero-order chi connectivity index (χ0) is 21.3. The van der Waals surface area contributed by atoms with Crippen LogP contribution in [0.25, 0.3) is 0 Å². The van der Waals surface area contributed by atoms with Crippen molar-refractivity contribution < 1.29 is 0 Å². The molecule has 0 spiro atoms. The van der Waals surface area contributed by atoms with Crippen molar-refractivity contribution in [2.75, 3.05) is 31.7 Å². The SMILES string of the molecule is CN(C)Cc1cccc(CSCCNc2ncc(Cc3ccc(Cl)cc3)c(=O)[nH]2)c1. The van der Waals surface area contributed by atoms with Gasteiger partial charge in [-0.05, 0) is 42.9 Å². The van der Waals surface area contributed by atoms with E-state index < -0.39 is 0 Å². The highest BCUT2D eigenvalue weighted by Crippen LogP contribution is 2.15. The number of nitrogens with zero attached hydrogens (tertiary/aromatic N) is 2. The summed E-state index contributed by atoms with van der Waals surface area (Å²) in [5, 5.41) is 3.88. The molecule has 0 unspecified atom stereocenters. The molecular formula is C23H27ClN4OS. The molecule has 0 fully saturated rings. The number of benzene rings is 2. The van der Waals surface area contributed by atoms with Crippen molar-refractivity contribution in [1.29, 1.82) is 0 Å². The first kappa shape index (κ1) is 22.4. The van der Waals surface area contributed by atoms with Crippen molar-refractivity contribution in [2.45, 2.75) is 18.7 Å². The quantitative estimate of drug-likeness (QED) is 0.455. The van der Waals surface area contributed by atoms with E-state index in [9.17, 15) is 4.79 Å². The van der Waals surface area contributed by atoms with E-state index >= 15 is 0 Å². The number of aromatic amines is 1. The van der Waals surface area contributed by atoms with Gasteiger partial charge in [0.15, 0.2) is 0 Å². The fourth-order valence-electron chi connectivity index (χ4n) is 3.07. The average Bonchev–Trinajstić information content (AvgIpc) is 2.71. The molecule has 0 aliphatic heterocycles. The zero-order valence-corrected chi connectivity index (χ0v) is 18.9. The van der Waals surface area contributed by atoms with Crippen molar-refractivity contribution in [3.8, 4) is 0 Å². The molecule has 2 aromatic carbocycles. The summed E-state index contributed by atoms with van der Waals surface area (Å²) in [7, 11) is 4.16. The minimum absolute atomic E-state index is 0.118. The minimum Gasteiger partial charge on any atom is -0.355 e. The number of hydrogen-bond donors (Lipinski definition) is 2. The Bertz CT molecular complexity index is 1000. The molecule has 158 valence electrons. The predicted octanol–water partition coefficient (Wildman–Crippen LogP) is 4.42. The first-order valence-corrected chi connectivity index (χ1v) is 11.4. The molecular weight excluding hydrogens is 416 g/mol. The first-order chi connectivity index (χ1) is 14.5. The van der Waals surface area contributed by atoms with Crippen LogP contribution in [0.2, 0.25) is 5.02 Å². The van der Waals surface area contributed by atoms with E-state index in [0.717, 1.165) is 30.2 Å². The van der Waals surface area contributed by atoms with E-state index in [1.807, 2.05) is 36.0 Å². The van der Waals surface area contributed by atoms with Gasteiger partial charge in [-0.3, -0.25) is 9.78 Å². The first-order valence-electron chi connectivity index (χ1n) is 9.86. The molecule has 0 atom stereocenters. The molecule has 0 saturated heterocycles. The molecule has 1 heterocycles. The summed E-state index contributed by atoms with van der Waals surface area (Å²) in [5.41, 5.74) is 4.20. The summed E-state index contributed by atoms with van der Waals surface area (Å²) in [5.74, 6) is 2.40. The van der Waals surface area contributed by atoms with E-state index in [1.165, 1.54) is 11.1 Å². The van der Waals surface area contributed by atoms with Crippen molar-refractivity contribution in [3.05, 3.63) is 92.4 Å². The van der Waals surface area contributed by atoms with Gasteiger partial charge in [-0.1, -0.05) is 48.0 Å². The lowest BCUT2D eigenvalue weighted by Gasteiger charge is -2.11. The summed E-state index contributed by atoms with van der Waals surface area (Å²) in [6.45, 7) is 1.69. The number of anilines is 1. The molecule has 0 aliphatic carbocycles. The standard InChI is InChI=1S/C23H27ClN4OS/c1-28(2)15-18-4-3-5-19(12-18)16-30-11-10-25-23-26-14-20(22(29)27-23)13-17-6-8-21(24)9-7-17/h3-9,12,14H,10-11,13,15-16H2,1-2H3,(H2,25,26,27,29). The predicted molar refractivity (Wildman–Crippen MR) is 128 cm³/mol. The Balaban J connectivity index is 1.43. The zero-order valence-electron chi connectivity index (χ0n) is 17.3. The summed E-state index contributed by atoms with van der Waals surface area (Å²) >= 11 is 7.76. The monoisotopic (exact) mass is 442 g/mol. The van der Waals surface area contributed by atoms with E-state index in [4.69, 9.17) is 11.6 Å². The molecule has 0 saturated carbocycles. The Morgan fingerprint density at radius 3 is 2.60 bits per heavy atom.